The van der Waals surface area contributed by atoms with E-state index in [-0.39, 0.29) is 11.5 Å². The monoisotopic (exact) mass is 313 g/mol. The second-order valence-electron chi connectivity index (χ2n) is 5.05. The lowest BCUT2D eigenvalue weighted by molar-refractivity contribution is -0.121. The molecule has 0 fully saturated rings. The van der Waals surface area contributed by atoms with Crippen molar-refractivity contribution >= 4 is 11.9 Å². The van der Waals surface area contributed by atoms with Crippen molar-refractivity contribution in [1.29, 1.82) is 0 Å². The van der Waals surface area contributed by atoms with Crippen molar-refractivity contribution in [3.63, 3.8) is 0 Å². The number of amides is 1. The summed E-state index contributed by atoms with van der Waals surface area (Å²) in [7, 11) is 0. The van der Waals surface area contributed by atoms with Crippen LogP contribution in [0.4, 0.5) is 0 Å². The molecule has 0 saturated heterocycles. The molecule has 0 aliphatic rings. The average Bonchev–Trinajstić information content (AvgIpc) is 2.58. The van der Waals surface area contributed by atoms with E-state index in [0.29, 0.717) is 26.0 Å². The first-order chi connectivity index (χ1) is 11.1. The van der Waals surface area contributed by atoms with Crippen LogP contribution < -0.4 is 10.1 Å². The summed E-state index contributed by atoms with van der Waals surface area (Å²) in [4.78, 5) is 22.6. The van der Waals surface area contributed by atoms with Crippen molar-refractivity contribution < 1.29 is 19.4 Å². The zero-order valence-corrected chi connectivity index (χ0v) is 12.7. The van der Waals surface area contributed by atoms with E-state index >= 15 is 0 Å². The summed E-state index contributed by atoms with van der Waals surface area (Å²) in [5, 5.41) is 11.7. The minimum absolute atomic E-state index is 0.0811. The van der Waals surface area contributed by atoms with E-state index < -0.39 is 5.97 Å². The number of ether oxygens (including phenoxy) is 1. The van der Waals surface area contributed by atoms with Crippen molar-refractivity contribution in [2.45, 2.75) is 19.4 Å². The molecular weight excluding hydrogens is 294 g/mol. The summed E-state index contributed by atoms with van der Waals surface area (Å²) >= 11 is 0. The smallest absolute Gasteiger partial charge is 0.335 e. The molecule has 120 valence electrons. The fourth-order valence-corrected chi connectivity index (χ4v) is 2.04. The molecule has 2 N–H and O–H groups in total. The number of carbonyl (C=O) groups is 2. The van der Waals surface area contributed by atoms with Crippen LogP contribution in [0, 0.1) is 0 Å². The quantitative estimate of drug-likeness (QED) is 0.735. The molecule has 5 nitrogen and oxygen atoms in total. The maximum atomic E-state index is 11.8. The highest BCUT2D eigenvalue weighted by Crippen LogP contribution is 2.09. The maximum Gasteiger partial charge on any atom is 0.335 e. The summed E-state index contributed by atoms with van der Waals surface area (Å²) in [6.07, 6.45) is 0.987. The Morgan fingerprint density at radius 3 is 2.57 bits per heavy atom. The molecule has 23 heavy (non-hydrogen) atoms. The van der Waals surface area contributed by atoms with Crippen molar-refractivity contribution in [3.05, 3.63) is 65.7 Å². The fraction of sp³-hybridized carbons (Fsp3) is 0.222. The molecule has 5 heteroatoms. The number of carboxylic acids is 1. The van der Waals surface area contributed by atoms with Crippen LogP contribution in [-0.2, 0) is 11.3 Å². The van der Waals surface area contributed by atoms with Crippen LogP contribution in [0.15, 0.2) is 54.6 Å². The molecule has 0 heterocycles. The van der Waals surface area contributed by atoms with Crippen LogP contribution in [0.3, 0.4) is 0 Å². The highest BCUT2D eigenvalue weighted by Gasteiger charge is 2.05. The largest absolute Gasteiger partial charge is 0.494 e. The van der Waals surface area contributed by atoms with Crippen LogP contribution in [0.25, 0.3) is 0 Å². The number of benzene rings is 2. The average molecular weight is 313 g/mol. The number of carboxylic acid groups (broad SMARTS) is 1. The first-order valence-electron chi connectivity index (χ1n) is 7.42. The van der Waals surface area contributed by atoms with Crippen LogP contribution in [0.1, 0.15) is 28.8 Å². The van der Waals surface area contributed by atoms with Gasteiger partial charge in [0.05, 0.1) is 12.2 Å². The van der Waals surface area contributed by atoms with Gasteiger partial charge >= 0.3 is 5.97 Å². The van der Waals surface area contributed by atoms with Gasteiger partial charge in [0.1, 0.15) is 5.75 Å². The van der Waals surface area contributed by atoms with E-state index in [4.69, 9.17) is 9.84 Å². The minimum atomic E-state index is -0.976. The number of nitrogens with one attached hydrogen (secondary N) is 1. The number of carbonyl (C=O) groups excluding carboxylic acids is 1. The van der Waals surface area contributed by atoms with Crippen LogP contribution in [-0.4, -0.2) is 23.6 Å². The lowest BCUT2D eigenvalue weighted by atomic mass is 10.1. The van der Waals surface area contributed by atoms with Crippen molar-refractivity contribution in [2.75, 3.05) is 6.61 Å². The molecule has 0 unspecified atom stereocenters. The van der Waals surface area contributed by atoms with Crippen LogP contribution >= 0.6 is 0 Å². The van der Waals surface area contributed by atoms with Gasteiger partial charge in [-0.05, 0) is 36.2 Å². The van der Waals surface area contributed by atoms with Gasteiger partial charge < -0.3 is 15.2 Å². The van der Waals surface area contributed by atoms with E-state index in [0.717, 1.165) is 11.3 Å². The Balaban J connectivity index is 1.67. The zero-order valence-electron chi connectivity index (χ0n) is 12.7. The summed E-state index contributed by atoms with van der Waals surface area (Å²) in [6, 6.07) is 16.0. The molecule has 0 atom stereocenters. The minimum Gasteiger partial charge on any atom is -0.494 e. The Bertz CT molecular complexity index is 655. The summed E-state index contributed by atoms with van der Waals surface area (Å²) in [5.41, 5.74) is 0.979. The number of hydrogen-bond acceptors (Lipinski definition) is 3. The molecule has 0 aromatic heterocycles. The van der Waals surface area contributed by atoms with Gasteiger partial charge in [-0.3, -0.25) is 4.79 Å². The highest BCUT2D eigenvalue weighted by molar-refractivity contribution is 5.87. The van der Waals surface area contributed by atoms with Crippen molar-refractivity contribution in [3.8, 4) is 5.75 Å². The predicted octanol–water partition coefficient (Wildman–Crippen LogP) is 2.86. The van der Waals surface area contributed by atoms with Gasteiger partial charge in [-0.2, -0.15) is 0 Å². The topological polar surface area (TPSA) is 75.6 Å². The van der Waals surface area contributed by atoms with Gasteiger partial charge in [-0.1, -0.05) is 30.3 Å². The third-order valence-corrected chi connectivity index (χ3v) is 3.22. The van der Waals surface area contributed by atoms with E-state index in [9.17, 15) is 9.59 Å². The molecular formula is C18H19NO4. The second kappa shape index (κ2) is 8.58. The van der Waals surface area contributed by atoms with Crippen LogP contribution in [0.2, 0.25) is 0 Å². The molecule has 0 aliphatic carbocycles. The standard InChI is InChI=1S/C18H19NO4/c20-17(10-5-11-23-16-8-2-1-3-9-16)19-13-14-6-4-7-15(12-14)18(21)22/h1-4,6-9,12H,5,10-11,13H2,(H,19,20)(H,21,22). The normalized spacial score (nSPS) is 10.1. The lowest BCUT2D eigenvalue weighted by Crippen LogP contribution is -2.23. The summed E-state index contributed by atoms with van der Waals surface area (Å²) in [6.45, 7) is 0.797. The van der Waals surface area contributed by atoms with Gasteiger partial charge in [0, 0.05) is 13.0 Å². The number of hydrogen-bond donors (Lipinski definition) is 2. The van der Waals surface area contributed by atoms with Crippen molar-refractivity contribution in [1.82, 2.24) is 5.32 Å². The van der Waals surface area contributed by atoms with E-state index in [1.165, 1.54) is 6.07 Å². The summed E-state index contributed by atoms with van der Waals surface area (Å²) in [5.74, 6) is -0.267. The number of aromatic carboxylic acids is 1. The predicted molar refractivity (Wildman–Crippen MR) is 86.4 cm³/mol. The Labute approximate surface area is 134 Å². The molecule has 0 aliphatic heterocycles. The van der Waals surface area contributed by atoms with Crippen molar-refractivity contribution in [2.24, 2.45) is 0 Å². The molecule has 2 aromatic rings. The van der Waals surface area contributed by atoms with E-state index in [1.54, 1.807) is 18.2 Å². The summed E-state index contributed by atoms with van der Waals surface area (Å²) < 4.78 is 5.52. The SMILES string of the molecule is O=C(CCCOc1ccccc1)NCc1cccc(C(=O)O)c1. The fourth-order valence-electron chi connectivity index (χ4n) is 2.04. The highest BCUT2D eigenvalue weighted by atomic mass is 16.5. The van der Waals surface area contributed by atoms with Gasteiger partial charge in [-0.25, -0.2) is 4.79 Å². The van der Waals surface area contributed by atoms with Gasteiger partial charge in [-0.15, -0.1) is 0 Å². The number of rotatable bonds is 8. The molecule has 0 radical (unpaired) electrons. The zero-order chi connectivity index (χ0) is 16.5. The van der Waals surface area contributed by atoms with Crippen LogP contribution in [0.5, 0.6) is 5.75 Å². The van der Waals surface area contributed by atoms with Gasteiger partial charge in [0.2, 0.25) is 5.91 Å². The molecule has 0 saturated carbocycles. The molecule has 1 amide bonds. The Hall–Kier alpha value is -2.82. The second-order valence-corrected chi connectivity index (χ2v) is 5.05. The molecule has 0 bridgehead atoms. The first kappa shape index (κ1) is 16.5. The van der Waals surface area contributed by atoms with E-state index in [2.05, 4.69) is 5.32 Å². The lowest BCUT2D eigenvalue weighted by Gasteiger charge is -2.07. The van der Waals surface area contributed by atoms with Gasteiger partial charge in [0.25, 0.3) is 0 Å². The Morgan fingerprint density at radius 1 is 1.04 bits per heavy atom. The number of para-hydroxylation sites is 1. The molecule has 2 rings (SSSR count). The van der Waals surface area contributed by atoms with E-state index in [1.807, 2.05) is 30.3 Å². The molecule has 0 spiro atoms. The molecule has 2 aromatic carbocycles. The first-order valence-corrected chi connectivity index (χ1v) is 7.42. The Kier molecular flexibility index (Phi) is 6.17. The third-order valence-electron chi connectivity index (χ3n) is 3.22. The van der Waals surface area contributed by atoms with Gasteiger partial charge in [0.15, 0.2) is 0 Å². The maximum absolute atomic E-state index is 11.8. The third kappa shape index (κ3) is 5.82. The Morgan fingerprint density at radius 2 is 1.83 bits per heavy atom.